The fraction of sp³-hybridized carbons (Fsp3) is 0.500. The van der Waals surface area contributed by atoms with Crippen LogP contribution in [0.3, 0.4) is 0 Å². The largest absolute Gasteiger partial charge is 0.385 e. The number of hydrogen-bond donors (Lipinski definition) is 1. The molecule has 4 nitrogen and oxygen atoms in total. The first-order valence-corrected chi connectivity index (χ1v) is 7.77. The van der Waals surface area contributed by atoms with Crippen LogP contribution in [0.4, 0.5) is 0 Å². The molecule has 1 aromatic carbocycles. The molecule has 0 amide bonds. The molecule has 0 aromatic heterocycles. The third-order valence-electron chi connectivity index (χ3n) is 2.42. The first kappa shape index (κ1) is 15.4. The molecule has 0 aliphatic rings. The molecular formula is C12H18ClNO3S. The van der Waals surface area contributed by atoms with E-state index in [-0.39, 0.29) is 5.75 Å². The standard InChI is InChI=1S/C12H18ClNO3S/c1-17-9-2-7-14-8-10-18(15,16)12-5-3-11(13)4-6-12/h3-6,14H,2,7-10H2,1H3. The van der Waals surface area contributed by atoms with Gasteiger partial charge in [0.15, 0.2) is 9.84 Å². The van der Waals surface area contributed by atoms with Gasteiger partial charge in [-0.25, -0.2) is 8.42 Å². The molecule has 1 N–H and O–H groups in total. The van der Waals surface area contributed by atoms with E-state index < -0.39 is 9.84 Å². The van der Waals surface area contributed by atoms with Crippen molar-refractivity contribution in [1.82, 2.24) is 5.32 Å². The number of rotatable bonds is 8. The predicted octanol–water partition coefficient (Wildman–Crippen LogP) is 1.74. The average molecular weight is 292 g/mol. The van der Waals surface area contributed by atoms with Gasteiger partial charge in [0.2, 0.25) is 0 Å². The van der Waals surface area contributed by atoms with Gasteiger partial charge in [-0.05, 0) is 37.2 Å². The minimum absolute atomic E-state index is 0.0849. The van der Waals surface area contributed by atoms with Crippen LogP contribution < -0.4 is 5.32 Å². The quantitative estimate of drug-likeness (QED) is 0.741. The lowest BCUT2D eigenvalue weighted by atomic mass is 10.4. The monoisotopic (exact) mass is 291 g/mol. The third kappa shape index (κ3) is 5.35. The van der Waals surface area contributed by atoms with Crippen LogP contribution in [0.25, 0.3) is 0 Å². The molecular weight excluding hydrogens is 274 g/mol. The number of hydrogen-bond acceptors (Lipinski definition) is 4. The van der Waals surface area contributed by atoms with Crippen molar-refractivity contribution in [2.45, 2.75) is 11.3 Å². The maximum Gasteiger partial charge on any atom is 0.179 e. The van der Waals surface area contributed by atoms with E-state index in [0.29, 0.717) is 23.1 Å². The Bertz CT molecular complexity index is 445. The van der Waals surface area contributed by atoms with Gasteiger partial charge >= 0.3 is 0 Å². The lowest BCUT2D eigenvalue weighted by Gasteiger charge is -2.06. The molecule has 1 aromatic rings. The number of benzene rings is 1. The third-order valence-corrected chi connectivity index (χ3v) is 4.41. The molecule has 0 radical (unpaired) electrons. The summed E-state index contributed by atoms with van der Waals surface area (Å²) in [5.74, 6) is 0.0849. The summed E-state index contributed by atoms with van der Waals surface area (Å²) >= 11 is 5.72. The fourth-order valence-corrected chi connectivity index (χ4v) is 2.76. The highest BCUT2D eigenvalue weighted by molar-refractivity contribution is 7.91. The summed E-state index contributed by atoms with van der Waals surface area (Å²) in [6.07, 6.45) is 0.873. The van der Waals surface area contributed by atoms with Gasteiger partial charge in [0.1, 0.15) is 0 Å². The molecule has 0 unspecified atom stereocenters. The Kier molecular flexibility index (Phi) is 6.63. The average Bonchev–Trinajstić information content (AvgIpc) is 2.34. The van der Waals surface area contributed by atoms with Gasteiger partial charge in [0.05, 0.1) is 10.6 Å². The molecule has 0 aliphatic heterocycles. The van der Waals surface area contributed by atoms with E-state index in [2.05, 4.69) is 5.32 Å². The summed E-state index contributed by atoms with van der Waals surface area (Å²) in [6, 6.07) is 6.23. The minimum Gasteiger partial charge on any atom is -0.385 e. The second kappa shape index (κ2) is 7.74. The van der Waals surface area contributed by atoms with E-state index >= 15 is 0 Å². The Balaban J connectivity index is 2.38. The summed E-state index contributed by atoms with van der Waals surface area (Å²) in [4.78, 5) is 0.311. The first-order valence-electron chi connectivity index (χ1n) is 5.74. The number of ether oxygens (including phenoxy) is 1. The van der Waals surface area contributed by atoms with Crippen LogP contribution in [0.5, 0.6) is 0 Å². The Morgan fingerprint density at radius 1 is 1.22 bits per heavy atom. The second-order valence-corrected chi connectivity index (χ2v) is 6.41. The van der Waals surface area contributed by atoms with E-state index in [0.717, 1.165) is 13.0 Å². The second-order valence-electron chi connectivity index (χ2n) is 3.87. The van der Waals surface area contributed by atoms with Gasteiger partial charge in [0.25, 0.3) is 0 Å². The molecule has 0 heterocycles. The Morgan fingerprint density at radius 2 is 1.89 bits per heavy atom. The topological polar surface area (TPSA) is 55.4 Å². The summed E-state index contributed by atoms with van der Waals surface area (Å²) < 4.78 is 28.7. The number of nitrogens with one attached hydrogen (secondary N) is 1. The Morgan fingerprint density at radius 3 is 2.50 bits per heavy atom. The first-order chi connectivity index (χ1) is 8.56. The molecule has 1 rings (SSSR count). The van der Waals surface area contributed by atoms with Crippen LogP contribution in [0.1, 0.15) is 6.42 Å². The summed E-state index contributed by atoms with van der Waals surface area (Å²) in [5.41, 5.74) is 0. The van der Waals surface area contributed by atoms with Crippen LogP contribution >= 0.6 is 11.6 Å². The smallest absolute Gasteiger partial charge is 0.179 e. The maximum atomic E-state index is 11.9. The van der Waals surface area contributed by atoms with Crippen molar-refractivity contribution >= 4 is 21.4 Å². The van der Waals surface area contributed by atoms with E-state index in [1.54, 1.807) is 19.2 Å². The van der Waals surface area contributed by atoms with Crippen molar-refractivity contribution in [3.05, 3.63) is 29.3 Å². The van der Waals surface area contributed by atoms with Crippen LogP contribution in [-0.2, 0) is 14.6 Å². The van der Waals surface area contributed by atoms with Gasteiger partial charge in [-0.15, -0.1) is 0 Å². The van der Waals surface area contributed by atoms with Crippen molar-refractivity contribution in [3.8, 4) is 0 Å². The fourth-order valence-electron chi connectivity index (χ4n) is 1.43. The van der Waals surface area contributed by atoms with Crippen molar-refractivity contribution in [3.63, 3.8) is 0 Å². The highest BCUT2D eigenvalue weighted by Gasteiger charge is 2.13. The van der Waals surface area contributed by atoms with Crippen LogP contribution in [0.2, 0.25) is 5.02 Å². The van der Waals surface area contributed by atoms with E-state index in [1.807, 2.05) is 0 Å². The molecule has 102 valence electrons. The lowest BCUT2D eigenvalue weighted by molar-refractivity contribution is 0.194. The zero-order chi connectivity index (χ0) is 13.4. The molecule has 0 saturated carbocycles. The van der Waals surface area contributed by atoms with Gasteiger partial charge in [-0.3, -0.25) is 0 Å². The zero-order valence-corrected chi connectivity index (χ0v) is 11.9. The van der Waals surface area contributed by atoms with Gasteiger partial charge in [-0.1, -0.05) is 11.6 Å². The van der Waals surface area contributed by atoms with Crippen molar-refractivity contribution in [2.75, 3.05) is 32.6 Å². The molecule has 6 heteroatoms. The molecule has 18 heavy (non-hydrogen) atoms. The lowest BCUT2D eigenvalue weighted by Crippen LogP contribution is -2.24. The normalized spacial score (nSPS) is 11.7. The van der Waals surface area contributed by atoms with Crippen LogP contribution in [0, 0.1) is 0 Å². The molecule has 0 atom stereocenters. The number of halogens is 1. The molecule has 0 aliphatic carbocycles. The number of methoxy groups -OCH3 is 1. The summed E-state index contributed by atoms with van der Waals surface area (Å²) in [7, 11) is -1.58. The predicted molar refractivity (Wildman–Crippen MR) is 72.9 cm³/mol. The molecule has 0 fully saturated rings. The van der Waals surface area contributed by atoms with E-state index in [1.165, 1.54) is 12.1 Å². The summed E-state index contributed by atoms with van der Waals surface area (Å²) in [6.45, 7) is 1.87. The van der Waals surface area contributed by atoms with Crippen molar-refractivity contribution in [2.24, 2.45) is 0 Å². The highest BCUT2D eigenvalue weighted by atomic mass is 35.5. The van der Waals surface area contributed by atoms with E-state index in [9.17, 15) is 8.42 Å². The SMILES string of the molecule is COCCCNCCS(=O)(=O)c1ccc(Cl)cc1. The van der Waals surface area contributed by atoms with Crippen molar-refractivity contribution in [1.29, 1.82) is 0 Å². The molecule has 0 saturated heterocycles. The zero-order valence-electron chi connectivity index (χ0n) is 10.4. The van der Waals surface area contributed by atoms with Crippen LogP contribution in [-0.4, -0.2) is 41.0 Å². The summed E-state index contributed by atoms with van der Waals surface area (Å²) in [5, 5.41) is 3.61. The molecule has 0 bridgehead atoms. The van der Waals surface area contributed by atoms with Gasteiger partial charge < -0.3 is 10.1 Å². The highest BCUT2D eigenvalue weighted by Crippen LogP contribution is 2.14. The number of sulfone groups is 1. The Hall–Kier alpha value is -0.620. The maximum absolute atomic E-state index is 11.9. The van der Waals surface area contributed by atoms with Crippen LogP contribution in [0.15, 0.2) is 29.2 Å². The van der Waals surface area contributed by atoms with Gasteiger partial charge in [0, 0.05) is 25.3 Å². The van der Waals surface area contributed by atoms with Crippen molar-refractivity contribution < 1.29 is 13.2 Å². The van der Waals surface area contributed by atoms with E-state index in [4.69, 9.17) is 16.3 Å². The Labute approximate surface area is 113 Å². The van der Waals surface area contributed by atoms with Gasteiger partial charge in [-0.2, -0.15) is 0 Å². The molecule has 0 spiro atoms. The minimum atomic E-state index is -3.22.